The van der Waals surface area contributed by atoms with Crippen LogP contribution in [-0.2, 0) is 14.3 Å². The summed E-state index contributed by atoms with van der Waals surface area (Å²) in [6.07, 6.45) is 2.31. The Labute approximate surface area is 95.2 Å². The van der Waals surface area contributed by atoms with E-state index in [1.807, 2.05) is 17.9 Å². The van der Waals surface area contributed by atoms with Crippen LogP contribution in [0.5, 0.6) is 0 Å². The summed E-state index contributed by atoms with van der Waals surface area (Å²) in [4.78, 5) is 13.3. The van der Waals surface area contributed by atoms with E-state index in [0.29, 0.717) is 32.9 Å². The quantitative estimate of drug-likeness (QED) is 0.399. The Hall–Kier alpha value is -1.54. The molecule has 0 atom stereocenters. The SMILES string of the molecule is CCCOC(=O)/C(C#N)=C/N1CCOCC1. The first-order chi connectivity index (χ1) is 7.77. The molecule has 1 heterocycles. The molecule has 88 valence electrons. The average Bonchev–Trinajstić information content (AvgIpc) is 2.34. The summed E-state index contributed by atoms with van der Waals surface area (Å²) in [7, 11) is 0. The number of nitrogens with zero attached hydrogens (tertiary/aromatic N) is 2. The predicted molar refractivity (Wildman–Crippen MR) is 57.3 cm³/mol. The number of morpholine rings is 1. The van der Waals surface area contributed by atoms with Crippen LogP contribution in [-0.4, -0.2) is 43.8 Å². The maximum absolute atomic E-state index is 11.4. The molecular formula is C11H16N2O3. The lowest BCUT2D eigenvalue weighted by molar-refractivity contribution is -0.138. The Morgan fingerprint density at radius 3 is 2.81 bits per heavy atom. The van der Waals surface area contributed by atoms with Crippen LogP contribution in [0.1, 0.15) is 13.3 Å². The molecule has 0 unspecified atom stereocenters. The number of hydrogen-bond acceptors (Lipinski definition) is 5. The van der Waals surface area contributed by atoms with E-state index in [1.54, 1.807) is 6.20 Å². The highest BCUT2D eigenvalue weighted by molar-refractivity contribution is 5.92. The molecule has 1 saturated heterocycles. The zero-order valence-corrected chi connectivity index (χ0v) is 9.44. The molecule has 1 rings (SSSR count). The van der Waals surface area contributed by atoms with Crippen LogP contribution in [0.15, 0.2) is 11.8 Å². The van der Waals surface area contributed by atoms with Crippen LogP contribution in [0, 0.1) is 11.3 Å². The van der Waals surface area contributed by atoms with Crippen LogP contribution in [0.2, 0.25) is 0 Å². The first-order valence-electron chi connectivity index (χ1n) is 5.38. The van der Waals surface area contributed by atoms with Crippen molar-refractivity contribution in [1.82, 2.24) is 4.90 Å². The molecule has 0 bridgehead atoms. The van der Waals surface area contributed by atoms with Crippen molar-refractivity contribution in [2.24, 2.45) is 0 Å². The molecule has 5 nitrogen and oxygen atoms in total. The van der Waals surface area contributed by atoms with Crippen molar-refractivity contribution >= 4 is 5.97 Å². The summed E-state index contributed by atoms with van der Waals surface area (Å²) in [5, 5.41) is 8.85. The van der Waals surface area contributed by atoms with E-state index in [-0.39, 0.29) is 5.57 Å². The van der Waals surface area contributed by atoms with Gasteiger partial charge in [0.25, 0.3) is 0 Å². The highest BCUT2D eigenvalue weighted by Gasteiger charge is 2.14. The first-order valence-corrected chi connectivity index (χ1v) is 5.38. The average molecular weight is 224 g/mol. The molecule has 1 aliphatic rings. The minimum atomic E-state index is -0.546. The van der Waals surface area contributed by atoms with Crippen LogP contribution < -0.4 is 0 Å². The minimum Gasteiger partial charge on any atom is -0.462 e. The highest BCUT2D eigenvalue weighted by atomic mass is 16.5. The lowest BCUT2D eigenvalue weighted by Gasteiger charge is -2.25. The monoisotopic (exact) mass is 224 g/mol. The molecule has 1 aliphatic heterocycles. The van der Waals surface area contributed by atoms with Gasteiger partial charge in [0.15, 0.2) is 5.57 Å². The van der Waals surface area contributed by atoms with Crippen LogP contribution in [0.3, 0.4) is 0 Å². The molecule has 0 aromatic heterocycles. The number of ether oxygens (including phenoxy) is 2. The molecule has 1 fully saturated rings. The number of carbonyl (C=O) groups is 1. The number of esters is 1. The Kier molecular flexibility index (Phi) is 5.37. The second-order valence-electron chi connectivity index (χ2n) is 3.44. The third kappa shape index (κ3) is 3.91. The second-order valence-corrected chi connectivity index (χ2v) is 3.44. The lowest BCUT2D eigenvalue weighted by Crippen LogP contribution is -2.32. The van der Waals surface area contributed by atoms with Crippen LogP contribution in [0.25, 0.3) is 0 Å². The normalized spacial score (nSPS) is 16.8. The predicted octanol–water partition coefficient (Wildman–Crippen LogP) is 0.679. The van der Waals surface area contributed by atoms with Crippen molar-refractivity contribution in [2.75, 3.05) is 32.9 Å². The molecule has 16 heavy (non-hydrogen) atoms. The van der Waals surface area contributed by atoms with Gasteiger partial charge in [-0.2, -0.15) is 5.26 Å². The molecule has 0 radical (unpaired) electrons. The van der Waals surface area contributed by atoms with E-state index in [0.717, 1.165) is 6.42 Å². The zero-order chi connectivity index (χ0) is 11.8. The van der Waals surface area contributed by atoms with Crippen molar-refractivity contribution in [3.05, 3.63) is 11.8 Å². The standard InChI is InChI=1S/C11H16N2O3/c1-2-5-16-11(14)10(8-12)9-13-3-6-15-7-4-13/h9H,2-7H2,1H3/b10-9+. The summed E-state index contributed by atoms with van der Waals surface area (Å²) >= 11 is 0. The van der Waals surface area contributed by atoms with Gasteiger partial charge < -0.3 is 14.4 Å². The zero-order valence-electron chi connectivity index (χ0n) is 9.44. The number of hydrogen-bond donors (Lipinski definition) is 0. The molecule has 0 spiro atoms. The van der Waals surface area contributed by atoms with Crippen LogP contribution in [0.4, 0.5) is 0 Å². The molecule has 0 aromatic rings. The fraction of sp³-hybridized carbons (Fsp3) is 0.636. The van der Waals surface area contributed by atoms with E-state index in [4.69, 9.17) is 14.7 Å². The van der Waals surface area contributed by atoms with E-state index < -0.39 is 5.97 Å². The van der Waals surface area contributed by atoms with Gasteiger partial charge >= 0.3 is 5.97 Å². The Bertz CT molecular complexity index is 301. The van der Waals surface area contributed by atoms with Gasteiger partial charge in [-0.15, -0.1) is 0 Å². The molecule has 0 amide bonds. The highest BCUT2D eigenvalue weighted by Crippen LogP contribution is 2.04. The van der Waals surface area contributed by atoms with E-state index in [1.165, 1.54) is 0 Å². The minimum absolute atomic E-state index is 0.0513. The Morgan fingerprint density at radius 2 is 2.25 bits per heavy atom. The largest absolute Gasteiger partial charge is 0.462 e. The van der Waals surface area contributed by atoms with Gasteiger partial charge in [0.05, 0.1) is 19.8 Å². The maximum Gasteiger partial charge on any atom is 0.350 e. The molecule has 0 N–H and O–H groups in total. The van der Waals surface area contributed by atoms with Crippen molar-refractivity contribution in [2.45, 2.75) is 13.3 Å². The summed E-state index contributed by atoms with van der Waals surface area (Å²) in [6, 6.07) is 1.86. The van der Waals surface area contributed by atoms with E-state index in [2.05, 4.69) is 0 Å². The summed E-state index contributed by atoms with van der Waals surface area (Å²) in [5.41, 5.74) is 0.0513. The number of nitriles is 1. The smallest absolute Gasteiger partial charge is 0.350 e. The van der Waals surface area contributed by atoms with Gasteiger partial charge in [0.2, 0.25) is 0 Å². The number of carbonyl (C=O) groups excluding carboxylic acids is 1. The van der Waals surface area contributed by atoms with Crippen molar-refractivity contribution in [3.63, 3.8) is 0 Å². The van der Waals surface area contributed by atoms with Gasteiger partial charge in [-0.3, -0.25) is 0 Å². The van der Waals surface area contributed by atoms with E-state index in [9.17, 15) is 4.79 Å². The molecular weight excluding hydrogens is 208 g/mol. The van der Waals surface area contributed by atoms with Crippen LogP contribution >= 0.6 is 0 Å². The van der Waals surface area contributed by atoms with E-state index >= 15 is 0 Å². The second kappa shape index (κ2) is 6.85. The summed E-state index contributed by atoms with van der Waals surface area (Å²) < 4.78 is 10.1. The topological polar surface area (TPSA) is 62.6 Å². The number of rotatable bonds is 4. The third-order valence-electron chi connectivity index (χ3n) is 2.13. The maximum atomic E-state index is 11.4. The van der Waals surface area contributed by atoms with Gasteiger partial charge in [0.1, 0.15) is 6.07 Å². The van der Waals surface area contributed by atoms with Gasteiger partial charge in [-0.05, 0) is 6.42 Å². The molecule has 0 aromatic carbocycles. The first kappa shape index (κ1) is 12.5. The summed E-state index contributed by atoms with van der Waals surface area (Å²) in [6.45, 7) is 4.91. The third-order valence-corrected chi connectivity index (χ3v) is 2.13. The van der Waals surface area contributed by atoms with Gasteiger partial charge in [0, 0.05) is 19.3 Å². The fourth-order valence-electron chi connectivity index (χ4n) is 1.29. The Morgan fingerprint density at radius 1 is 1.56 bits per heavy atom. The lowest BCUT2D eigenvalue weighted by atomic mass is 10.3. The Balaban J connectivity index is 2.54. The molecule has 0 aliphatic carbocycles. The summed E-state index contributed by atoms with van der Waals surface area (Å²) in [5.74, 6) is -0.546. The van der Waals surface area contributed by atoms with Crippen molar-refractivity contribution in [1.29, 1.82) is 5.26 Å². The van der Waals surface area contributed by atoms with Gasteiger partial charge in [-0.25, -0.2) is 4.79 Å². The van der Waals surface area contributed by atoms with Gasteiger partial charge in [-0.1, -0.05) is 6.92 Å². The fourth-order valence-corrected chi connectivity index (χ4v) is 1.29. The molecule has 0 saturated carbocycles. The van der Waals surface area contributed by atoms with Crippen molar-refractivity contribution in [3.8, 4) is 6.07 Å². The van der Waals surface area contributed by atoms with Crippen molar-refractivity contribution < 1.29 is 14.3 Å². The molecule has 5 heteroatoms.